The van der Waals surface area contributed by atoms with Gasteiger partial charge in [0.1, 0.15) is 0 Å². The number of aliphatic hydroxyl groups is 1. The van der Waals surface area contributed by atoms with Crippen LogP contribution in [-0.4, -0.2) is 29.0 Å². The maximum Gasteiger partial charge on any atom is 0.254 e. The van der Waals surface area contributed by atoms with Gasteiger partial charge in [-0.3, -0.25) is 4.79 Å². The lowest BCUT2D eigenvalue weighted by Gasteiger charge is -2.27. The number of benzene rings is 1. The zero-order valence-electron chi connectivity index (χ0n) is 9.85. The molecule has 0 aromatic heterocycles. The Hall–Kier alpha value is -1.55. The number of anilines is 1. The molecule has 3 N–H and O–H groups in total. The highest BCUT2D eigenvalue weighted by molar-refractivity contribution is 5.96. The summed E-state index contributed by atoms with van der Waals surface area (Å²) in [6.07, 6.45) is 3.30. The molecular formula is C13H18N2O2. The summed E-state index contributed by atoms with van der Waals surface area (Å²) in [4.78, 5) is 14.1. The molecule has 1 aliphatic heterocycles. The summed E-state index contributed by atoms with van der Waals surface area (Å²) < 4.78 is 0. The number of hydrogen-bond donors (Lipinski definition) is 2. The van der Waals surface area contributed by atoms with E-state index in [-0.39, 0.29) is 12.5 Å². The number of nitrogens with zero attached hydrogens (tertiary/aromatic N) is 1. The van der Waals surface area contributed by atoms with Crippen molar-refractivity contribution in [2.24, 2.45) is 0 Å². The Kier molecular flexibility index (Phi) is 3.64. The molecule has 17 heavy (non-hydrogen) atoms. The fraction of sp³-hybridized carbons (Fsp3) is 0.462. The predicted octanol–water partition coefficient (Wildman–Crippen LogP) is 1.39. The second-order valence-electron chi connectivity index (χ2n) is 4.43. The van der Waals surface area contributed by atoms with Crippen molar-refractivity contribution in [3.05, 3.63) is 29.3 Å². The Morgan fingerprint density at radius 1 is 1.29 bits per heavy atom. The molecule has 1 heterocycles. The van der Waals surface area contributed by atoms with Crippen LogP contribution in [0.1, 0.15) is 35.2 Å². The second-order valence-corrected chi connectivity index (χ2v) is 4.43. The van der Waals surface area contributed by atoms with E-state index in [2.05, 4.69) is 0 Å². The van der Waals surface area contributed by atoms with Crippen molar-refractivity contribution in [2.45, 2.75) is 25.9 Å². The minimum absolute atomic E-state index is 0.0129. The molecule has 0 spiro atoms. The number of rotatable bonds is 2. The van der Waals surface area contributed by atoms with Crippen molar-refractivity contribution in [1.82, 2.24) is 4.90 Å². The van der Waals surface area contributed by atoms with Gasteiger partial charge in [-0.25, -0.2) is 0 Å². The molecule has 0 unspecified atom stereocenters. The second kappa shape index (κ2) is 5.19. The number of carbonyl (C=O) groups excluding carboxylic acids is 1. The molecule has 1 amide bonds. The minimum Gasteiger partial charge on any atom is -0.399 e. The molecule has 92 valence electrons. The van der Waals surface area contributed by atoms with Crippen LogP contribution in [0.5, 0.6) is 0 Å². The molecule has 0 saturated carbocycles. The first-order valence-electron chi connectivity index (χ1n) is 6.01. The number of aliphatic hydroxyl groups excluding tert-OH is 1. The fourth-order valence-corrected chi connectivity index (χ4v) is 2.20. The van der Waals surface area contributed by atoms with Gasteiger partial charge < -0.3 is 15.7 Å². The normalized spacial score (nSPS) is 15.9. The Morgan fingerprint density at radius 3 is 2.65 bits per heavy atom. The summed E-state index contributed by atoms with van der Waals surface area (Å²) >= 11 is 0. The highest BCUT2D eigenvalue weighted by Crippen LogP contribution is 2.18. The van der Waals surface area contributed by atoms with Crippen molar-refractivity contribution in [3.8, 4) is 0 Å². The van der Waals surface area contributed by atoms with E-state index < -0.39 is 0 Å². The summed E-state index contributed by atoms with van der Waals surface area (Å²) in [7, 11) is 0. The lowest BCUT2D eigenvalue weighted by Crippen LogP contribution is -2.36. The van der Waals surface area contributed by atoms with Crippen LogP contribution in [0.25, 0.3) is 0 Å². The lowest BCUT2D eigenvalue weighted by atomic mass is 10.0. The molecule has 1 aliphatic rings. The maximum absolute atomic E-state index is 12.3. The van der Waals surface area contributed by atoms with Gasteiger partial charge in [-0.2, -0.15) is 0 Å². The van der Waals surface area contributed by atoms with Gasteiger partial charge in [0.2, 0.25) is 0 Å². The molecule has 4 nitrogen and oxygen atoms in total. The van der Waals surface area contributed by atoms with E-state index in [1.807, 2.05) is 4.90 Å². The number of carbonyl (C=O) groups is 1. The average Bonchev–Trinajstić information content (AvgIpc) is 2.39. The summed E-state index contributed by atoms with van der Waals surface area (Å²) in [6.45, 7) is 1.48. The molecule has 1 fully saturated rings. The van der Waals surface area contributed by atoms with E-state index in [9.17, 15) is 9.90 Å². The summed E-state index contributed by atoms with van der Waals surface area (Å²) in [5.41, 5.74) is 7.44. The van der Waals surface area contributed by atoms with Crippen LogP contribution in [0.4, 0.5) is 5.69 Å². The largest absolute Gasteiger partial charge is 0.399 e. The molecule has 0 radical (unpaired) electrons. The molecule has 0 bridgehead atoms. The number of nitrogens with two attached hydrogens (primary N) is 1. The summed E-state index contributed by atoms with van der Waals surface area (Å²) in [6, 6.07) is 5.08. The Bertz CT molecular complexity index is 412. The number of nitrogen functional groups attached to an aromatic ring is 1. The first-order chi connectivity index (χ1) is 8.22. The van der Waals surface area contributed by atoms with E-state index >= 15 is 0 Å². The number of likely N-dealkylation sites (tertiary alicyclic amines) is 1. The molecule has 2 rings (SSSR count). The van der Waals surface area contributed by atoms with Crippen molar-refractivity contribution < 1.29 is 9.90 Å². The van der Waals surface area contributed by atoms with Gasteiger partial charge in [0.05, 0.1) is 6.61 Å². The molecule has 1 aromatic carbocycles. The Labute approximate surface area is 101 Å². The highest BCUT2D eigenvalue weighted by atomic mass is 16.3. The Morgan fingerprint density at radius 2 is 2.00 bits per heavy atom. The average molecular weight is 234 g/mol. The van der Waals surface area contributed by atoms with Gasteiger partial charge in [0.25, 0.3) is 5.91 Å². The van der Waals surface area contributed by atoms with Gasteiger partial charge in [0, 0.05) is 24.3 Å². The number of amides is 1. The number of hydrogen-bond acceptors (Lipinski definition) is 3. The topological polar surface area (TPSA) is 66.6 Å². The molecule has 0 aliphatic carbocycles. The molecule has 0 atom stereocenters. The van der Waals surface area contributed by atoms with Crippen LogP contribution in [-0.2, 0) is 6.61 Å². The minimum atomic E-state index is -0.130. The third kappa shape index (κ3) is 2.58. The van der Waals surface area contributed by atoms with Crippen molar-refractivity contribution in [2.75, 3.05) is 18.8 Å². The zero-order chi connectivity index (χ0) is 12.3. The van der Waals surface area contributed by atoms with E-state index in [0.717, 1.165) is 25.9 Å². The van der Waals surface area contributed by atoms with Gasteiger partial charge in [0.15, 0.2) is 0 Å². The lowest BCUT2D eigenvalue weighted by molar-refractivity contribution is 0.0721. The van der Waals surface area contributed by atoms with Gasteiger partial charge >= 0.3 is 0 Å². The summed E-state index contributed by atoms with van der Waals surface area (Å²) in [5.74, 6) is -0.0129. The predicted molar refractivity (Wildman–Crippen MR) is 66.5 cm³/mol. The van der Waals surface area contributed by atoms with Gasteiger partial charge in [-0.1, -0.05) is 6.07 Å². The SMILES string of the molecule is Nc1ccc(CO)c(C(=O)N2CCCCC2)c1. The summed E-state index contributed by atoms with van der Waals surface area (Å²) in [5, 5.41) is 9.25. The first kappa shape index (κ1) is 11.9. The van der Waals surface area contributed by atoms with Crippen molar-refractivity contribution in [1.29, 1.82) is 0 Å². The quantitative estimate of drug-likeness (QED) is 0.760. The van der Waals surface area contributed by atoms with Crippen molar-refractivity contribution >= 4 is 11.6 Å². The number of piperidine rings is 1. The monoisotopic (exact) mass is 234 g/mol. The highest BCUT2D eigenvalue weighted by Gasteiger charge is 2.20. The van der Waals surface area contributed by atoms with Crippen LogP contribution in [0.2, 0.25) is 0 Å². The van der Waals surface area contributed by atoms with E-state index in [0.29, 0.717) is 16.8 Å². The van der Waals surface area contributed by atoms with E-state index in [1.165, 1.54) is 6.42 Å². The first-order valence-corrected chi connectivity index (χ1v) is 6.01. The zero-order valence-corrected chi connectivity index (χ0v) is 9.85. The van der Waals surface area contributed by atoms with E-state index in [4.69, 9.17) is 5.73 Å². The van der Waals surface area contributed by atoms with Crippen LogP contribution in [0.3, 0.4) is 0 Å². The standard InChI is InChI=1S/C13H18N2O2/c14-11-5-4-10(9-16)12(8-11)13(17)15-6-2-1-3-7-15/h4-5,8,16H,1-3,6-7,9,14H2. The third-order valence-electron chi connectivity index (χ3n) is 3.18. The van der Waals surface area contributed by atoms with Crippen LogP contribution < -0.4 is 5.73 Å². The molecular weight excluding hydrogens is 216 g/mol. The van der Waals surface area contributed by atoms with Crippen LogP contribution >= 0.6 is 0 Å². The molecule has 1 aromatic rings. The molecule has 1 saturated heterocycles. The van der Waals surface area contributed by atoms with Crippen LogP contribution in [0, 0.1) is 0 Å². The maximum atomic E-state index is 12.3. The van der Waals surface area contributed by atoms with Crippen LogP contribution in [0.15, 0.2) is 18.2 Å². The third-order valence-corrected chi connectivity index (χ3v) is 3.18. The van der Waals surface area contributed by atoms with Gasteiger partial charge in [-0.15, -0.1) is 0 Å². The molecule has 4 heteroatoms. The van der Waals surface area contributed by atoms with E-state index in [1.54, 1.807) is 18.2 Å². The smallest absolute Gasteiger partial charge is 0.254 e. The van der Waals surface area contributed by atoms with Gasteiger partial charge in [-0.05, 0) is 37.0 Å². The van der Waals surface area contributed by atoms with Crippen molar-refractivity contribution in [3.63, 3.8) is 0 Å². The fourth-order valence-electron chi connectivity index (χ4n) is 2.20. The Balaban J connectivity index is 2.25.